The molecule has 0 saturated heterocycles. The standard InChI is InChI=1S/C31H50O4/c1-19(2)10-9-11-20(26(34)35)23-18-25(33)31(8)22-13-17-30(7)27(3,4)24(32)14-16-28(30,5)21(22)12-15-29(23,31)6/h10,20,23-25,32-33H,9,11-18H2,1-8H3,(H,34,35)/t20-,23-,24+,25+,28-,29-,30+,31-/m1/s1. The second kappa shape index (κ2) is 8.45. The molecule has 3 N–H and O–H groups in total. The predicted molar refractivity (Wildman–Crippen MR) is 141 cm³/mol. The summed E-state index contributed by atoms with van der Waals surface area (Å²) in [4.78, 5) is 12.5. The van der Waals surface area contributed by atoms with Gasteiger partial charge in [-0.1, -0.05) is 64.3 Å². The minimum Gasteiger partial charge on any atom is -0.481 e. The smallest absolute Gasteiger partial charge is 0.306 e. The number of carboxylic acid groups (broad SMARTS) is 1. The summed E-state index contributed by atoms with van der Waals surface area (Å²) in [6.07, 6.45) is 9.03. The number of aliphatic hydroxyl groups excluding tert-OH is 2. The van der Waals surface area contributed by atoms with Gasteiger partial charge in [0.15, 0.2) is 0 Å². The van der Waals surface area contributed by atoms with Crippen LogP contribution >= 0.6 is 0 Å². The molecule has 0 bridgehead atoms. The zero-order valence-electron chi connectivity index (χ0n) is 23.5. The van der Waals surface area contributed by atoms with E-state index in [0.29, 0.717) is 12.8 Å². The first-order valence-corrected chi connectivity index (χ1v) is 14.0. The number of rotatable bonds is 5. The van der Waals surface area contributed by atoms with Crippen molar-refractivity contribution in [2.45, 2.75) is 125 Å². The first-order chi connectivity index (χ1) is 16.1. The van der Waals surface area contributed by atoms with E-state index in [1.165, 1.54) is 16.7 Å². The van der Waals surface area contributed by atoms with Crippen LogP contribution in [0.15, 0.2) is 22.8 Å². The van der Waals surface area contributed by atoms with E-state index < -0.39 is 18.0 Å². The minimum absolute atomic E-state index is 0.00110. The summed E-state index contributed by atoms with van der Waals surface area (Å²) in [5.41, 5.74) is 3.40. The van der Waals surface area contributed by atoms with E-state index in [4.69, 9.17) is 0 Å². The Morgan fingerprint density at radius 2 is 1.60 bits per heavy atom. The van der Waals surface area contributed by atoms with Crippen molar-refractivity contribution in [2.75, 3.05) is 0 Å². The Labute approximate surface area is 213 Å². The van der Waals surface area contributed by atoms with Crippen LogP contribution < -0.4 is 0 Å². The number of carbonyl (C=O) groups is 1. The molecule has 8 atom stereocenters. The summed E-state index contributed by atoms with van der Waals surface area (Å²) >= 11 is 0. The van der Waals surface area contributed by atoms with Crippen molar-refractivity contribution in [2.24, 2.45) is 38.9 Å². The van der Waals surface area contributed by atoms with Gasteiger partial charge < -0.3 is 15.3 Å². The lowest BCUT2D eigenvalue weighted by molar-refractivity contribution is -0.161. The maximum Gasteiger partial charge on any atom is 0.306 e. The molecule has 4 rings (SSSR count). The number of aliphatic carboxylic acids is 1. The van der Waals surface area contributed by atoms with Crippen LogP contribution in [-0.2, 0) is 4.79 Å². The third-order valence-corrected chi connectivity index (χ3v) is 12.8. The molecule has 0 amide bonds. The van der Waals surface area contributed by atoms with Crippen LogP contribution in [0.2, 0.25) is 0 Å². The Morgan fingerprint density at radius 3 is 2.20 bits per heavy atom. The third-order valence-electron chi connectivity index (χ3n) is 12.8. The highest BCUT2D eigenvalue weighted by molar-refractivity contribution is 5.71. The zero-order chi connectivity index (χ0) is 26.2. The van der Waals surface area contributed by atoms with E-state index in [9.17, 15) is 20.1 Å². The highest BCUT2D eigenvalue weighted by Crippen LogP contribution is 2.75. The molecule has 2 fully saturated rings. The van der Waals surface area contributed by atoms with Crippen LogP contribution in [0.3, 0.4) is 0 Å². The molecule has 4 heteroatoms. The van der Waals surface area contributed by atoms with Crippen molar-refractivity contribution in [3.05, 3.63) is 22.8 Å². The van der Waals surface area contributed by atoms with Crippen molar-refractivity contribution >= 4 is 5.97 Å². The Morgan fingerprint density at radius 1 is 0.971 bits per heavy atom. The summed E-state index contributed by atoms with van der Waals surface area (Å²) in [6.45, 7) is 18.0. The maximum absolute atomic E-state index is 12.5. The topological polar surface area (TPSA) is 77.8 Å². The van der Waals surface area contributed by atoms with Crippen molar-refractivity contribution in [3.8, 4) is 0 Å². The van der Waals surface area contributed by atoms with E-state index in [-0.39, 0.29) is 39.1 Å². The summed E-state index contributed by atoms with van der Waals surface area (Å²) in [5.74, 6) is -1.16. The van der Waals surface area contributed by atoms with Gasteiger partial charge in [0.05, 0.1) is 18.1 Å². The molecular weight excluding hydrogens is 436 g/mol. The van der Waals surface area contributed by atoms with E-state index >= 15 is 0 Å². The number of carboxylic acids is 1. The quantitative estimate of drug-likeness (QED) is 0.369. The van der Waals surface area contributed by atoms with Gasteiger partial charge >= 0.3 is 5.97 Å². The maximum atomic E-state index is 12.5. The zero-order valence-corrected chi connectivity index (χ0v) is 23.5. The summed E-state index contributed by atoms with van der Waals surface area (Å²) < 4.78 is 0. The third kappa shape index (κ3) is 3.41. The average molecular weight is 487 g/mol. The van der Waals surface area contributed by atoms with E-state index in [2.05, 4.69) is 61.5 Å². The van der Waals surface area contributed by atoms with Gasteiger partial charge in [0.1, 0.15) is 0 Å². The van der Waals surface area contributed by atoms with Crippen molar-refractivity contribution < 1.29 is 20.1 Å². The van der Waals surface area contributed by atoms with E-state index in [1.54, 1.807) is 0 Å². The van der Waals surface area contributed by atoms with Gasteiger partial charge in [-0.05, 0) is 99.2 Å². The van der Waals surface area contributed by atoms with Crippen LogP contribution in [0, 0.1) is 38.9 Å². The molecule has 0 aromatic rings. The Kier molecular flexibility index (Phi) is 6.50. The molecule has 4 nitrogen and oxygen atoms in total. The lowest BCUT2D eigenvalue weighted by Gasteiger charge is -2.67. The molecule has 0 radical (unpaired) electrons. The second-order valence-electron chi connectivity index (χ2n) is 14.2. The number of allylic oxidation sites excluding steroid dienone is 3. The molecule has 0 unspecified atom stereocenters. The normalized spacial score (nSPS) is 45.3. The summed E-state index contributed by atoms with van der Waals surface area (Å²) in [6, 6.07) is 0. The van der Waals surface area contributed by atoms with Crippen LogP contribution in [0.1, 0.15) is 113 Å². The molecule has 2 saturated carbocycles. The number of aliphatic hydroxyl groups is 2. The highest BCUT2D eigenvalue weighted by atomic mass is 16.4. The van der Waals surface area contributed by atoms with E-state index in [0.717, 1.165) is 44.9 Å². The molecule has 4 aliphatic carbocycles. The molecular formula is C31H50O4. The Bertz CT molecular complexity index is 942. The summed E-state index contributed by atoms with van der Waals surface area (Å²) in [7, 11) is 0. The number of hydrogen-bond acceptors (Lipinski definition) is 3. The lowest BCUT2D eigenvalue weighted by atomic mass is 9.38. The largest absolute Gasteiger partial charge is 0.481 e. The summed E-state index contributed by atoms with van der Waals surface area (Å²) in [5, 5.41) is 33.0. The fourth-order valence-electron chi connectivity index (χ4n) is 9.62. The number of hydrogen-bond donors (Lipinski definition) is 3. The lowest BCUT2D eigenvalue weighted by Crippen LogP contribution is -2.61. The molecule has 0 spiro atoms. The second-order valence-corrected chi connectivity index (χ2v) is 14.2. The highest BCUT2D eigenvalue weighted by Gasteiger charge is 2.69. The monoisotopic (exact) mass is 486 g/mol. The fourth-order valence-corrected chi connectivity index (χ4v) is 9.62. The van der Waals surface area contributed by atoms with Gasteiger partial charge in [-0.15, -0.1) is 0 Å². The van der Waals surface area contributed by atoms with Gasteiger partial charge in [0.2, 0.25) is 0 Å². The SMILES string of the molecule is CC(C)=CCC[C@@H](C(=O)O)[C@H]1C[C@H](O)[C@@]2(C)C3=C(CC[C@]12C)[C@@]1(C)CC[C@H](O)C(C)(C)[C@]1(C)CC3. The van der Waals surface area contributed by atoms with Crippen LogP contribution in [0.4, 0.5) is 0 Å². The van der Waals surface area contributed by atoms with Crippen LogP contribution in [-0.4, -0.2) is 33.5 Å². The van der Waals surface area contributed by atoms with Crippen LogP contribution in [0.25, 0.3) is 0 Å². The minimum atomic E-state index is -0.708. The molecule has 0 aromatic heterocycles. The molecule has 198 valence electrons. The van der Waals surface area contributed by atoms with Gasteiger partial charge in [-0.25, -0.2) is 0 Å². The predicted octanol–water partition coefficient (Wildman–Crippen LogP) is 6.90. The Hall–Kier alpha value is -1.13. The molecule has 0 aliphatic heterocycles. The van der Waals surface area contributed by atoms with Crippen molar-refractivity contribution in [3.63, 3.8) is 0 Å². The number of fused-ring (bicyclic) bond motifs is 4. The molecule has 35 heavy (non-hydrogen) atoms. The Balaban J connectivity index is 1.77. The van der Waals surface area contributed by atoms with Crippen LogP contribution in [0.5, 0.6) is 0 Å². The van der Waals surface area contributed by atoms with Gasteiger partial charge in [0.25, 0.3) is 0 Å². The van der Waals surface area contributed by atoms with Gasteiger partial charge in [-0.3, -0.25) is 4.79 Å². The van der Waals surface area contributed by atoms with Crippen molar-refractivity contribution in [1.82, 2.24) is 0 Å². The van der Waals surface area contributed by atoms with Gasteiger partial charge in [-0.2, -0.15) is 0 Å². The average Bonchev–Trinajstić information content (AvgIpc) is 2.97. The molecule has 4 aliphatic rings. The first-order valence-electron chi connectivity index (χ1n) is 14.0. The first kappa shape index (κ1) is 26.9. The fraction of sp³-hybridized carbons (Fsp3) is 0.839. The van der Waals surface area contributed by atoms with Crippen molar-refractivity contribution in [1.29, 1.82) is 0 Å². The molecule has 0 heterocycles. The van der Waals surface area contributed by atoms with Gasteiger partial charge in [0, 0.05) is 5.41 Å². The van der Waals surface area contributed by atoms with E-state index in [1.807, 2.05) is 0 Å². The molecule has 0 aromatic carbocycles.